The molecule has 1 amide bonds. The first-order chi connectivity index (χ1) is 21.5. The summed E-state index contributed by atoms with van der Waals surface area (Å²) in [4.78, 5) is 31.7. The van der Waals surface area contributed by atoms with Gasteiger partial charge in [-0.1, -0.05) is 30.3 Å². The summed E-state index contributed by atoms with van der Waals surface area (Å²) < 4.78 is 6.41. The number of nitrogens with zero attached hydrogens (tertiary/aromatic N) is 6. The molecule has 4 heterocycles. The zero-order chi connectivity index (χ0) is 30.5. The van der Waals surface area contributed by atoms with Crippen molar-refractivity contribution in [3.05, 3.63) is 60.3 Å². The number of β-amino-alcohol motifs (C(OH)–C–C–N with tert-alkyl or cyclic N) is 1. The van der Waals surface area contributed by atoms with Crippen LogP contribution in [-0.2, 0) is 0 Å². The van der Waals surface area contributed by atoms with Crippen LogP contribution in [-0.4, -0.2) is 120 Å². The highest BCUT2D eigenvalue weighted by atomic mass is 16.5. The Labute approximate surface area is 259 Å². The number of nitrogens with two attached hydrogens (primary N) is 1. The van der Waals surface area contributed by atoms with Gasteiger partial charge in [-0.2, -0.15) is 4.98 Å². The highest BCUT2D eigenvalue weighted by Crippen LogP contribution is 2.33. The van der Waals surface area contributed by atoms with Crippen molar-refractivity contribution in [3.63, 3.8) is 0 Å². The predicted octanol–water partition coefficient (Wildman–Crippen LogP) is 2.65. The number of carbonyl (C=O) groups excluding carboxylic acids is 1. The third kappa shape index (κ3) is 7.13. The maximum absolute atomic E-state index is 12.6. The first kappa shape index (κ1) is 30.3. The monoisotopic (exact) mass is 600 g/mol. The second-order valence-electron chi connectivity index (χ2n) is 12.1. The first-order valence-electron chi connectivity index (χ1n) is 15.8. The number of hydrogen-bond donors (Lipinski definition) is 3. The summed E-state index contributed by atoms with van der Waals surface area (Å²) in [5.41, 5.74) is 9.09. The van der Waals surface area contributed by atoms with Gasteiger partial charge in [0.25, 0.3) is 5.91 Å². The van der Waals surface area contributed by atoms with E-state index in [4.69, 9.17) is 15.5 Å². The highest BCUT2D eigenvalue weighted by molar-refractivity contribution is 5.97. The van der Waals surface area contributed by atoms with E-state index in [1.54, 1.807) is 0 Å². The lowest BCUT2D eigenvalue weighted by Gasteiger charge is -2.42. The van der Waals surface area contributed by atoms with Gasteiger partial charge in [-0.15, -0.1) is 0 Å². The average molecular weight is 601 g/mol. The molecule has 0 bridgehead atoms. The van der Waals surface area contributed by atoms with Gasteiger partial charge >= 0.3 is 0 Å². The molecule has 0 spiro atoms. The maximum atomic E-state index is 12.6. The summed E-state index contributed by atoms with van der Waals surface area (Å²) in [6, 6.07) is 18.5. The molecule has 0 radical (unpaired) electrons. The van der Waals surface area contributed by atoms with E-state index < -0.39 is 5.91 Å². The molecule has 11 heteroatoms. The molecule has 1 aromatic heterocycles. The molecule has 2 aromatic carbocycles. The van der Waals surface area contributed by atoms with E-state index >= 15 is 0 Å². The van der Waals surface area contributed by atoms with E-state index in [2.05, 4.69) is 49.1 Å². The molecule has 3 aliphatic rings. The molecule has 0 saturated carbocycles. The number of benzene rings is 2. The quantitative estimate of drug-likeness (QED) is 0.320. The number of nitrogens with one attached hydrogen (secondary N) is 1. The minimum absolute atomic E-state index is 0.0552. The number of primary amides is 1. The van der Waals surface area contributed by atoms with E-state index in [-0.39, 0.29) is 24.2 Å². The topological polar surface area (TPSA) is 123 Å². The number of carbonyl (C=O) groups is 1. The Bertz CT molecular complexity index is 1390. The van der Waals surface area contributed by atoms with Crippen LogP contribution in [0.2, 0.25) is 0 Å². The SMILES string of the molecule is CN1CCN(C2CCN(c3ccc(Nc4nc(O[C@H]5CCN(CCO)C5)c(-c5ccccc5)nc4C(N)=O)cc3)CC2)CC1. The normalized spacial score (nSPS) is 20.6. The zero-order valence-corrected chi connectivity index (χ0v) is 25.6. The van der Waals surface area contributed by atoms with Gasteiger partial charge in [-0.05, 0) is 50.6 Å². The summed E-state index contributed by atoms with van der Waals surface area (Å²) in [5, 5.41) is 12.6. The Kier molecular flexibility index (Phi) is 9.56. The number of piperidine rings is 1. The molecule has 3 saturated heterocycles. The lowest BCUT2D eigenvalue weighted by molar-refractivity contribution is 0.0982. The van der Waals surface area contributed by atoms with E-state index in [1.165, 1.54) is 31.6 Å². The van der Waals surface area contributed by atoms with E-state index in [0.29, 0.717) is 30.7 Å². The summed E-state index contributed by atoms with van der Waals surface area (Å²) in [6.07, 6.45) is 3.06. The Morgan fingerprint density at radius 2 is 1.68 bits per heavy atom. The first-order valence-corrected chi connectivity index (χ1v) is 15.8. The smallest absolute Gasteiger partial charge is 0.271 e. The molecule has 3 fully saturated rings. The predicted molar refractivity (Wildman–Crippen MR) is 173 cm³/mol. The molecular formula is C33H44N8O3. The number of rotatable bonds is 10. The van der Waals surface area contributed by atoms with Gasteiger partial charge in [0.15, 0.2) is 11.5 Å². The van der Waals surface area contributed by atoms with Crippen molar-refractivity contribution in [2.24, 2.45) is 5.73 Å². The lowest BCUT2D eigenvalue weighted by Crippen LogP contribution is -2.52. The van der Waals surface area contributed by atoms with Crippen LogP contribution in [0.3, 0.4) is 0 Å². The van der Waals surface area contributed by atoms with E-state index in [9.17, 15) is 9.90 Å². The van der Waals surface area contributed by atoms with Crippen molar-refractivity contribution >= 4 is 23.1 Å². The number of likely N-dealkylation sites (N-methyl/N-ethyl adjacent to an activating group) is 1. The number of piperazine rings is 1. The molecular weight excluding hydrogens is 556 g/mol. The second kappa shape index (κ2) is 13.9. The number of aliphatic hydroxyl groups is 1. The van der Waals surface area contributed by atoms with Gasteiger partial charge in [0.2, 0.25) is 5.88 Å². The number of aliphatic hydroxyl groups excluding tert-OH is 1. The minimum Gasteiger partial charge on any atom is -0.471 e. The Morgan fingerprint density at radius 3 is 2.36 bits per heavy atom. The summed E-state index contributed by atoms with van der Waals surface area (Å²) in [7, 11) is 2.20. The van der Waals surface area contributed by atoms with Gasteiger partial charge < -0.3 is 30.7 Å². The van der Waals surface area contributed by atoms with Crippen LogP contribution in [0.25, 0.3) is 11.3 Å². The summed E-state index contributed by atoms with van der Waals surface area (Å²) >= 11 is 0. The number of ether oxygens (including phenoxy) is 1. The fourth-order valence-electron chi connectivity index (χ4n) is 6.51. The van der Waals surface area contributed by atoms with Gasteiger partial charge in [-0.3, -0.25) is 14.6 Å². The molecule has 4 N–H and O–H groups in total. The van der Waals surface area contributed by atoms with Gasteiger partial charge in [0.05, 0.1) is 6.61 Å². The number of aromatic nitrogens is 2. The minimum atomic E-state index is -0.668. The van der Waals surface area contributed by atoms with Crippen LogP contribution in [0.1, 0.15) is 29.8 Å². The van der Waals surface area contributed by atoms with Gasteiger partial charge in [0.1, 0.15) is 11.8 Å². The molecule has 234 valence electrons. The van der Waals surface area contributed by atoms with E-state index in [0.717, 1.165) is 50.4 Å². The molecule has 0 unspecified atom stereocenters. The van der Waals surface area contributed by atoms with Crippen molar-refractivity contribution in [1.82, 2.24) is 24.7 Å². The van der Waals surface area contributed by atoms with Crippen LogP contribution < -0.4 is 20.7 Å². The lowest BCUT2D eigenvalue weighted by atomic mass is 10.0. The molecule has 6 rings (SSSR count). The average Bonchev–Trinajstić information content (AvgIpc) is 3.49. The van der Waals surface area contributed by atoms with Crippen LogP contribution in [0.4, 0.5) is 17.2 Å². The Balaban J connectivity index is 1.18. The van der Waals surface area contributed by atoms with Crippen LogP contribution in [0.5, 0.6) is 5.88 Å². The highest BCUT2D eigenvalue weighted by Gasteiger charge is 2.28. The molecule has 44 heavy (non-hydrogen) atoms. The van der Waals surface area contributed by atoms with Crippen molar-refractivity contribution in [2.75, 3.05) is 82.8 Å². The summed E-state index contributed by atoms with van der Waals surface area (Å²) in [6.45, 7) is 8.96. The van der Waals surface area contributed by atoms with Crippen LogP contribution >= 0.6 is 0 Å². The molecule has 11 nitrogen and oxygen atoms in total. The van der Waals surface area contributed by atoms with E-state index in [1.807, 2.05) is 42.5 Å². The largest absolute Gasteiger partial charge is 0.471 e. The summed E-state index contributed by atoms with van der Waals surface area (Å²) in [5.74, 6) is -0.0592. The molecule has 1 atom stereocenters. The third-order valence-corrected chi connectivity index (χ3v) is 9.08. The van der Waals surface area contributed by atoms with Crippen molar-refractivity contribution in [2.45, 2.75) is 31.4 Å². The number of anilines is 3. The van der Waals surface area contributed by atoms with Crippen molar-refractivity contribution in [3.8, 4) is 17.1 Å². The third-order valence-electron chi connectivity index (χ3n) is 9.08. The van der Waals surface area contributed by atoms with Crippen molar-refractivity contribution in [1.29, 1.82) is 0 Å². The standard InChI is InChI=1S/C33H44N8O3/c1-38-17-19-41(20-18-38)27-11-15-40(16-12-27)26-9-7-25(8-10-26)35-32-30(31(34)43)36-29(24-5-3-2-4-6-24)33(37-32)44-28-13-14-39(23-28)21-22-42/h2-10,27-28,42H,11-23H2,1H3,(H2,34,43)(H,35,37)/t28-/m0/s1. The number of amides is 1. The van der Waals surface area contributed by atoms with Crippen molar-refractivity contribution < 1.29 is 14.6 Å². The van der Waals surface area contributed by atoms with Gasteiger partial charge in [-0.25, -0.2) is 4.98 Å². The molecule has 3 aromatic rings. The molecule has 3 aliphatic heterocycles. The second-order valence-corrected chi connectivity index (χ2v) is 12.1. The van der Waals surface area contributed by atoms with Crippen LogP contribution in [0.15, 0.2) is 54.6 Å². The zero-order valence-electron chi connectivity index (χ0n) is 25.6. The van der Waals surface area contributed by atoms with Gasteiger partial charge in [0, 0.05) is 81.9 Å². The number of likely N-dealkylation sites (tertiary alicyclic amines) is 1. The Morgan fingerprint density at radius 1 is 0.955 bits per heavy atom. The maximum Gasteiger partial charge on any atom is 0.271 e. The molecule has 0 aliphatic carbocycles. The number of hydrogen-bond acceptors (Lipinski definition) is 10. The Hall–Kier alpha value is -3.77. The van der Waals surface area contributed by atoms with Crippen LogP contribution in [0, 0.1) is 0 Å². The fraction of sp³-hybridized carbons (Fsp3) is 0.485. The fourth-order valence-corrected chi connectivity index (χ4v) is 6.51.